The number of anilines is 1. The molecule has 0 heterocycles. The summed E-state index contributed by atoms with van der Waals surface area (Å²) in [4.78, 5) is 27.3. The van der Waals surface area contributed by atoms with Crippen molar-refractivity contribution in [2.45, 2.75) is 40.3 Å². The summed E-state index contributed by atoms with van der Waals surface area (Å²) in [5.41, 5.74) is 2.86. The van der Waals surface area contributed by atoms with Crippen LogP contribution in [0.5, 0.6) is 0 Å². The van der Waals surface area contributed by atoms with E-state index in [-0.39, 0.29) is 12.5 Å². The normalized spacial score (nSPS) is 12.2. The van der Waals surface area contributed by atoms with Gasteiger partial charge in [-0.05, 0) is 68.7 Å². The Morgan fingerprint density at radius 2 is 1.73 bits per heavy atom. The molecule has 1 atom stereocenters. The molecule has 0 fully saturated rings. The molecule has 2 aromatic carbocycles. The molecule has 2 rings (SSSR count). The maximum atomic E-state index is 13.4. The number of nitrogens with one attached hydrogen (secondary N) is 1. The topological polar surface area (TPSA) is 86.8 Å². The molecule has 0 aliphatic carbocycles. The van der Waals surface area contributed by atoms with Gasteiger partial charge in [-0.1, -0.05) is 35.3 Å². The van der Waals surface area contributed by atoms with E-state index in [9.17, 15) is 18.0 Å². The van der Waals surface area contributed by atoms with E-state index in [4.69, 9.17) is 23.2 Å². The molecule has 2 aromatic rings. The smallest absolute Gasteiger partial charge is 0.244 e. The third kappa shape index (κ3) is 7.09. The largest absolute Gasteiger partial charge is 0.355 e. The molecule has 0 saturated heterocycles. The van der Waals surface area contributed by atoms with Crippen LogP contribution in [0.25, 0.3) is 0 Å². The van der Waals surface area contributed by atoms with Gasteiger partial charge in [-0.25, -0.2) is 8.42 Å². The van der Waals surface area contributed by atoms with E-state index in [0.717, 1.165) is 21.7 Å². The minimum absolute atomic E-state index is 0.0116. The molecule has 0 saturated carbocycles. The number of benzene rings is 2. The van der Waals surface area contributed by atoms with Gasteiger partial charge in [-0.3, -0.25) is 13.9 Å². The van der Waals surface area contributed by atoms with E-state index in [1.807, 2.05) is 13.8 Å². The van der Waals surface area contributed by atoms with Crippen molar-refractivity contribution in [1.82, 2.24) is 10.2 Å². The lowest BCUT2D eigenvalue weighted by Gasteiger charge is -2.31. The Hall–Kier alpha value is -2.29. The number of amides is 2. The average Bonchev–Trinajstić information content (AvgIpc) is 2.72. The second-order valence-corrected chi connectivity index (χ2v) is 10.6. The molecule has 33 heavy (non-hydrogen) atoms. The van der Waals surface area contributed by atoms with Crippen LogP contribution < -0.4 is 9.62 Å². The molecule has 0 spiro atoms. The molecule has 180 valence electrons. The molecule has 1 unspecified atom stereocenters. The third-order valence-corrected chi connectivity index (χ3v) is 7.06. The maximum absolute atomic E-state index is 13.4. The fourth-order valence-corrected chi connectivity index (χ4v) is 4.54. The lowest BCUT2D eigenvalue weighted by atomic mass is 10.1. The molecule has 2 amide bonds. The van der Waals surface area contributed by atoms with Crippen LogP contribution in [0.2, 0.25) is 10.0 Å². The van der Waals surface area contributed by atoms with E-state index >= 15 is 0 Å². The highest BCUT2D eigenvalue weighted by Crippen LogP contribution is 2.25. The summed E-state index contributed by atoms with van der Waals surface area (Å²) in [6.07, 6.45) is 1.04. The molecule has 0 aliphatic rings. The van der Waals surface area contributed by atoms with Crippen LogP contribution in [0.3, 0.4) is 0 Å². The lowest BCUT2D eigenvalue weighted by Crippen LogP contribution is -2.51. The van der Waals surface area contributed by atoms with Crippen LogP contribution in [0.4, 0.5) is 5.69 Å². The first-order valence-corrected chi connectivity index (χ1v) is 13.0. The molecule has 1 N–H and O–H groups in total. The number of sulfonamides is 1. The van der Waals surface area contributed by atoms with Gasteiger partial charge in [0.05, 0.1) is 11.9 Å². The fourth-order valence-electron chi connectivity index (χ4n) is 3.23. The Bertz CT molecular complexity index is 1140. The second kappa shape index (κ2) is 11.2. The van der Waals surface area contributed by atoms with Gasteiger partial charge in [0.2, 0.25) is 21.8 Å². The van der Waals surface area contributed by atoms with E-state index in [2.05, 4.69) is 5.32 Å². The highest BCUT2D eigenvalue weighted by Gasteiger charge is 2.30. The van der Waals surface area contributed by atoms with Gasteiger partial charge in [0.15, 0.2) is 0 Å². The zero-order valence-corrected chi connectivity index (χ0v) is 21.7. The highest BCUT2D eigenvalue weighted by atomic mass is 35.5. The number of aryl methyl sites for hydroxylation is 2. The summed E-state index contributed by atoms with van der Waals surface area (Å²) in [6, 6.07) is 9.19. The summed E-state index contributed by atoms with van der Waals surface area (Å²) >= 11 is 12.3. The zero-order chi connectivity index (χ0) is 24.9. The molecule has 0 aromatic heterocycles. The Morgan fingerprint density at radius 1 is 1.06 bits per heavy atom. The average molecular weight is 514 g/mol. The summed E-state index contributed by atoms with van der Waals surface area (Å²) in [7, 11) is -3.78. The van der Waals surface area contributed by atoms with Gasteiger partial charge in [0.25, 0.3) is 0 Å². The number of halogens is 2. The van der Waals surface area contributed by atoms with E-state index < -0.39 is 28.5 Å². The van der Waals surface area contributed by atoms with Crippen LogP contribution in [-0.4, -0.2) is 50.5 Å². The number of nitrogens with zero attached hydrogens (tertiary/aromatic N) is 2. The molecular formula is C23H29Cl2N3O4S. The van der Waals surface area contributed by atoms with Crippen LogP contribution in [0.15, 0.2) is 36.4 Å². The SMILES string of the molecule is CCNC(=O)C(C)N(Cc1ccc(Cl)cc1Cl)C(=O)CN(c1ccc(C)c(C)c1)S(C)(=O)=O. The van der Waals surface area contributed by atoms with Crippen LogP contribution >= 0.6 is 23.2 Å². The summed E-state index contributed by atoms with van der Waals surface area (Å²) in [5.74, 6) is -0.892. The second-order valence-electron chi connectivity index (χ2n) is 7.87. The zero-order valence-electron chi connectivity index (χ0n) is 19.4. The molecule has 0 radical (unpaired) electrons. The quantitative estimate of drug-likeness (QED) is 0.550. The number of likely N-dealkylation sites (N-methyl/N-ethyl adjacent to an activating group) is 1. The van der Waals surface area contributed by atoms with Crippen molar-refractivity contribution in [2.24, 2.45) is 0 Å². The number of hydrogen-bond donors (Lipinski definition) is 1. The number of carbonyl (C=O) groups is 2. The Balaban J connectivity index is 2.43. The Labute approximate surface area is 205 Å². The van der Waals surface area contributed by atoms with Crippen LogP contribution in [-0.2, 0) is 26.2 Å². The minimum atomic E-state index is -3.78. The monoisotopic (exact) mass is 513 g/mol. The number of rotatable bonds is 9. The predicted octanol–water partition coefficient (Wildman–Crippen LogP) is 3.93. The van der Waals surface area contributed by atoms with E-state index in [1.165, 1.54) is 4.90 Å². The standard InChI is InChI=1S/C23H29Cl2N3O4S/c1-6-26-23(30)17(4)27(13-18-8-9-19(24)12-21(18)25)22(29)14-28(33(5,31)32)20-10-7-15(2)16(3)11-20/h7-12,17H,6,13-14H2,1-5H3,(H,26,30). The fraction of sp³-hybridized carbons (Fsp3) is 0.391. The lowest BCUT2D eigenvalue weighted by molar-refractivity contribution is -0.139. The van der Waals surface area contributed by atoms with Crippen molar-refractivity contribution in [3.8, 4) is 0 Å². The van der Waals surface area contributed by atoms with E-state index in [0.29, 0.717) is 27.8 Å². The van der Waals surface area contributed by atoms with Crippen LogP contribution in [0, 0.1) is 13.8 Å². The summed E-state index contributed by atoms with van der Waals surface area (Å²) in [6.45, 7) is 7.10. The van der Waals surface area contributed by atoms with Crippen molar-refractivity contribution in [1.29, 1.82) is 0 Å². The van der Waals surface area contributed by atoms with Gasteiger partial charge in [-0.15, -0.1) is 0 Å². The van der Waals surface area contributed by atoms with Crippen molar-refractivity contribution in [3.05, 3.63) is 63.1 Å². The first kappa shape index (κ1) is 27.0. The molecule has 7 nitrogen and oxygen atoms in total. The van der Waals surface area contributed by atoms with Crippen LogP contribution in [0.1, 0.15) is 30.5 Å². The first-order valence-electron chi connectivity index (χ1n) is 10.4. The first-order chi connectivity index (χ1) is 15.3. The summed E-state index contributed by atoms with van der Waals surface area (Å²) < 4.78 is 26.2. The molecule has 0 bridgehead atoms. The molecular weight excluding hydrogens is 485 g/mol. The Kier molecular flexibility index (Phi) is 9.17. The maximum Gasteiger partial charge on any atom is 0.244 e. The van der Waals surface area contributed by atoms with Gasteiger partial charge in [-0.2, -0.15) is 0 Å². The number of carbonyl (C=O) groups excluding carboxylic acids is 2. The van der Waals surface area contributed by atoms with Gasteiger partial charge >= 0.3 is 0 Å². The molecule has 0 aliphatic heterocycles. The van der Waals surface area contributed by atoms with Crippen molar-refractivity contribution in [3.63, 3.8) is 0 Å². The number of hydrogen-bond acceptors (Lipinski definition) is 4. The van der Waals surface area contributed by atoms with Crippen molar-refractivity contribution < 1.29 is 18.0 Å². The van der Waals surface area contributed by atoms with E-state index in [1.54, 1.807) is 50.2 Å². The third-order valence-electron chi connectivity index (χ3n) is 5.33. The van der Waals surface area contributed by atoms with Crippen molar-refractivity contribution >= 4 is 50.7 Å². The molecule has 10 heteroatoms. The Morgan fingerprint density at radius 3 is 2.27 bits per heavy atom. The van der Waals surface area contributed by atoms with Gasteiger partial charge < -0.3 is 10.2 Å². The minimum Gasteiger partial charge on any atom is -0.355 e. The summed E-state index contributed by atoms with van der Waals surface area (Å²) in [5, 5.41) is 3.49. The van der Waals surface area contributed by atoms with Crippen molar-refractivity contribution in [2.75, 3.05) is 23.7 Å². The van der Waals surface area contributed by atoms with Gasteiger partial charge in [0, 0.05) is 23.1 Å². The van der Waals surface area contributed by atoms with Gasteiger partial charge in [0.1, 0.15) is 12.6 Å². The highest BCUT2D eigenvalue weighted by molar-refractivity contribution is 7.92. The predicted molar refractivity (Wildman–Crippen MR) is 133 cm³/mol.